The Labute approximate surface area is 124 Å². The molecule has 1 unspecified atom stereocenters. The Morgan fingerprint density at radius 3 is 2.14 bits per heavy atom. The third-order valence-electron chi connectivity index (χ3n) is 3.42. The van der Waals surface area contributed by atoms with Gasteiger partial charge in [0.05, 0.1) is 0 Å². The van der Waals surface area contributed by atoms with E-state index < -0.39 is 12.0 Å². The number of carboxylic acid groups (broad SMARTS) is 1. The first kappa shape index (κ1) is 15.2. The van der Waals surface area contributed by atoms with Gasteiger partial charge < -0.3 is 10.8 Å². The summed E-state index contributed by atoms with van der Waals surface area (Å²) in [5, 5.41) is 12.6. The van der Waals surface area contributed by atoms with Gasteiger partial charge in [0.2, 0.25) is 0 Å². The van der Waals surface area contributed by atoms with Crippen LogP contribution in [0.4, 0.5) is 0 Å². The molecule has 0 saturated carbocycles. The average Bonchev–Trinajstić information content (AvgIpc) is 2.53. The van der Waals surface area contributed by atoms with Crippen molar-refractivity contribution in [1.82, 2.24) is 5.32 Å². The lowest BCUT2D eigenvalue weighted by Crippen LogP contribution is -2.43. The van der Waals surface area contributed by atoms with Crippen molar-refractivity contribution in [1.29, 1.82) is 0 Å². The molecule has 4 N–H and O–H groups in total. The summed E-state index contributed by atoms with van der Waals surface area (Å²) in [4.78, 5) is 11.5. The summed E-state index contributed by atoms with van der Waals surface area (Å²) in [5.41, 5.74) is 7.78. The molecule has 4 nitrogen and oxygen atoms in total. The van der Waals surface area contributed by atoms with Crippen LogP contribution in [0.25, 0.3) is 0 Å². The van der Waals surface area contributed by atoms with E-state index in [0.717, 1.165) is 11.1 Å². The summed E-state index contributed by atoms with van der Waals surface area (Å²) in [7, 11) is 0. The van der Waals surface area contributed by atoms with Crippen LogP contribution in [0.5, 0.6) is 0 Å². The lowest BCUT2D eigenvalue weighted by Gasteiger charge is -2.22. The molecule has 0 heterocycles. The maximum absolute atomic E-state index is 11.5. The van der Waals surface area contributed by atoms with Crippen LogP contribution in [-0.4, -0.2) is 23.7 Å². The van der Waals surface area contributed by atoms with Crippen LogP contribution in [0.15, 0.2) is 60.7 Å². The van der Waals surface area contributed by atoms with Crippen molar-refractivity contribution in [3.8, 4) is 0 Å². The van der Waals surface area contributed by atoms with E-state index in [9.17, 15) is 9.90 Å². The average molecular weight is 284 g/mol. The van der Waals surface area contributed by atoms with Crippen LogP contribution in [0.1, 0.15) is 17.2 Å². The smallest absolute Gasteiger partial charge is 0.321 e. The Balaban J connectivity index is 2.10. The predicted molar refractivity (Wildman–Crippen MR) is 82.9 cm³/mol. The number of hydrogen-bond acceptors (Lipinski definition) is 3. The molecule has 2 aromatic carbocycles. The minimum absolute atomic E-state index is 0.170. The molecule has 0 bridgehead atoms. The van der Waals surface area contributed by atoms with Gasteiger partial charge in [0.1, 0.15) is 6.04 Å². The summed E-state index contributed by atoms with van der Waals surface area (Å²) < 4.78 is 0. The first-order valence-corrected chi connectivity index (χ1v) is 6.98. The fraction of sp³-hybridized carbons (Fsp3) is 0.235. The van der Waals surface area contributed by atoms with Gasteiger partial charge in [-0.25, -0.2) is 0 Å². The Kier molecular flexibility index (Phi) is 5.49. The lowest BCUT2D eigenvalue weighted by molar-refractivity contribution is -0.139. The molecule has 0 aliphatic heterocycles. The molecule has 2 aromatic rings. The van der Waals surface area contributed by atoms with Gasteiger partial charge in [-0.15, -0.1) is 0 Å². The molecule has 21 heavy (non-hydrogen) atoms. The van der Waals surface area contributed by atoms with Gasteiger partial charge in [0.15, 0.2) is 0 Å². The molecule has 2 atom stereocenters. The lowest BCUT2D eigenvalue weighted by atomic mass is 10.0. The molecule has 0 amide bonds. The summed E-state index contributed by atoms with van der Waals surface area (Å²) in [6, 6.07) is 18.4. The molecule has 0 saturated heterocycles. The summed E-state index contributed by atoms with van der Waals surface area (Å²) in [5.74, 6) is -0.867. The minimum Gasteiger partial charge on any atom is -0.480 e. The molecular weight excluding hydrogens is 264 g/mol. The number of nitrogens with one attached hydrogen (secondary N) is 1. The fourth-order valence-corrected chi connectivity index (χ4v) is 2.30. The Morgan fingerprint density at radius 2 is 1.62 bits per heavy atom. The second-order valence-electron chi connectivity index (χ2n) is 4.95. The van der Waals surface area contributed by atoms with E-state index >= 15 is 0 Å². The third kappa shape index (κ3) is 4.41. The van der Waals surface area contributed by atoms with Gasteiger partial charge in [0.25, 0.3) is 0 Å². The number of nitrogens with two attached hydrogens (primary N) is 1. The van der Waals surface area contributed by atoms with Gasteiger partial charge in [-0.2, -0.15) is 0 Å². The molecule has 0 spiro atoms. The van der Waals surface area contributed by atoms with E-state index in [1.54, 1.807) is 0 Å². The molecule has 4 heteroatoms. The van der Waals surface area contributed by atoms with Crippen LogP contribution in [0.3, 0.4) is 0 Å². The largest absolute Gasteiger partial charge is 0.480 e. The number of hydrogen-bond donors (Lipinski definition) is 3. The topological polar surface area (TPSA) is 75.3 Å². The van der Waals surface area contributed by atoms with Crippen LogP contribution >= 0.6 is 0 Å². The highest BCUT2D eigenvalue weighted by Gasteiger charge is 2.22. The van der Waals surface area contributed by atoms with Gasteiger partial charge in [-0.1, -0.05) is 60.7 Å². The van der Waals surface area contributed by atoms with Crippen LogP contribution in [0.2, 0.25) is 0 Å². The minimum atomic E-state index is -0.867. The Morgan fingerprint density at radius 1 is 1.05 bits per heavy atom. The maximum Gasteiger partial charge on any atom is 0.321 e. The van der Waals surface area contributed by atoms with E-state index in [4.69, 9.17) is 5.73 Å². The molecule has 0 fully saturated rings. The van der Waals surface area contributed by atoms with Crippen molar-refractivity contribution in [3.05, 3.63) is 71.8 Å². The van der Waals surface area contributed by atoms with E-state index in [-0.39, 0.29) is 6.04 Å². The van der Waals surface area contributed by atoms with Gasteiger partial charge in [0, 0.05) is 12.6 Å². The summed E-state index contributed by atoms with van der Waals surface area (Å²) in [6.07, 6.45) is 0.430. The van der Waals surface area contributed by atoms with Crippen molar-refractivity contribution < 1.29 is 9.90 Å². The monoisotopic (exact) mass is 284 g/mol. The van der Waals surface area contributed by atoms with Crippen molar-refractivity contribution in [3.63, 3.8) is 0 Å². The third-order valence-corrected chi connectivity index (χ3v) is 3.42. The number of rotatable bonds is 7. The van der Waals surface area contributed by atoms with E-state index in [1.807, 2.05) is 60.7 Å². The Bertz CT molecular complexity index is 558. The normalized spacial score (nSPS) is 13.6. The standard InChI is InChI=1S/C17H20N2O2/c18-12-16(14-9-5-2-6-10-14)19-15(17(20)21)11-13-7-3-1-4-8-13/h1-10,15-16,19H,11-12,18H2,(H,20,21)/t15-,16?/m0/s1. The zero-order valence-corrected chi connectivity index (χ0v) is 11.8. The highest BCUT2D eigenvalue weighted by Crippen LogP contribution is 2.13. The molecule has 0 aromatic heterocycles. The Hall–Kier alpha value is -2.17. The van der Waals surface area contributed by atoms with Crippen LogP contribution < -0.4 is 11.1 Å². The zero-order valence-electron chi connectivity index (χ0n) is 11.8. The quantitative estimate of drug-likeness (QED) is 0.726. The highest BCUT2D eigenvalue weighted by molar-refractivity contribution is 5.74. The highest BCUT2D eigenvalue weighted by atomic mass is 16.4. The maximum atomic E-state index is 11.5. The van der Waals surface area contributed by atoms with E-state index in [1.165, 1.54) is 0 Å². The van der Waals surface area contributed by atoms with Crippen molar-refractivity contribution in [2.75, 3.05) is 6.54 Å². The second kappa shape index (κ2) is 7.57. The fourth-order valence-electron chi connectivity index (χ4n) is 2.30. The predicted octanol–water partition coefficient (Wildman–Crippen LogP) is 1.97. The zero-order chi connectivity index (χ0) is 15.1. The van der Waals surface area contributed by atoms with Crippen LogP contribution in [0, 0.1) is 0 Å². The number of aliphatic carboxylic acids is 1. The summed E-state index contributed by atoms with van der Waals surface area (Å²) in [6.45, 7) is 0.350. The van der Waals surface area contributed by atoms with Crippen molar-refractivity contribution in [2.45, 2.75) is 18.5 Å². The van der Waals surface area contributed by atoms with Gasteiger partial charge in [-0.3, -0.25) is 10.1 Å². The molecule has 0 radical (unpaired) electrons. The first-order valence-electron chi connectivity index (χ1n) is 6.98. The van der Waals surface area contributed by atoms with Gasteiger partial charge >= 0.3 is 5.97 Å². The number of carboxylic acids is 1. The molecule has 0 aliphatic carbocycles. The number of carbonyl (C=O) groups is 1. The molecular formula is C17H20N2O2. The SMILES string of the molecule is NCC(N[C@@H](Cc1ccccc1)C(=O)O)c1ccccc1. The second-order valence-corrected chi connectivity index (χ2v) is 4.95. The van der Waals surface area contributed by atoms with E-state index in [0.29, 0.717) is 13.0 Å². The van der Waals surface area contributed by atoms with E-state index in [2.05, 4.69) is 5.32 Å². The van der Waals surface area contributed by atoms with Crippen molar-refractivity contribution in [2.24, 2.45) is 5.73 Å². The molecule has 110 valence electrons. The number of benzene rings is 2. The molecule has 2 rings (SSSR count). The molecule has 0 aliphatic rings. The first-order chi connectivity index (χ1) is 10.2. The summed E-state index contributed by atoms with van der Waals surface area (Å²) >= 11 is 0. The van der Waals surface area contributed by atoms with Crippen molar-refractivity contribution >= 4 is 5.97 Å². The van der Waals surface area contributed by atoms with Crippen LogP contribution in [-0.2, 0) is 11.2 Å². The van der Waals surface area contributed by atoms with Gasteiger partial charge in [-0.05, 0) is 17.5 Å².